The van der Waals surface area contributed by atoms with E-state index in [0.717, 1.165) is 25.7 Å². The lowest BCUT2D eigenvalue weighted by atomic mass is 9.99. The van der Waals surface area contributed by atoms with Crippen LogP contribution in [0.2, 0.25) is 0 Å². The van der Waals surface area contributed by atoms with E-state index in [1.54, 1.807) is 6.92 Å². The van der Waals surface area contributed by atoms with Gasteiger partial charge in [0.2, 0.25) is 0 Å². The average molecular weight is 583 g/mol. The Balaban J connectivity index is 3.52. The normalized spacial score (nSPS) is 11.6. The molecule has 0 spiro atoms. The minimum atomic E-state index is -1.01. The first-order valence-electron chi connectivity index (χ1n) is 17.9. The van der Waals surface area contributed by atoms with Gasteiger partial charge >= 0.3 is 11.9 Å². The molecule has 0 aromatic heterocycles. The van der Waals surface area contributed by atoms with Crippen molar-refractivity contribution in [3.63, 3.8) is 0 Å². The van der Waals surface area contributed by atoms with E-state index in [0.29, 0.717) is 25.7 Å². The highest BCUT2D eigenvalue weighted by atomic mass is 16.5. The van der Waals surface area contributed by atoms with Crippen molar-refractivity contribution < 1.29 is 24.2 Å². The molecule has 0 bridgehead atoms. The molecular weight excluding hydrogens is 512 g/mol. The molecular formula is C36H70O5. The van der Waals surface area contributed by atoms with Crippen LogP contribution in [-0.2, 0) is 19.1 Å². The van der Waals surface area contributed by atoms with Gasteiger partial charge < -0.3 is 14.6 Å². The van der Waals surface area contributed by atoms with Crippen molar-refractivity contribution in [1.82, 2.24) is 0 Å². The van der Waals surface area contributed by atoms with E-state index in [1.807, 2.05) is 0 Å². The number of hydrogen-bond acceptors (Lipinski definition) is 5. The lowest BCUT2D eigenvalue weighted by molar-refractivity contribution is -0.146. The zero-order valence-electron chi connectivity index (χ0n) is 27.8. The van der Waals surface area contributed by atoms with E-state index in [-0.39, 0.29) is 25.2 Å². The third kappa shape index (κ3) is 31.7. The molecule has 0 aliphatic heterocycles. The standard InChI is InChI=1S/C36H70O5/c1-4-6-8-10-12-14-16-18-20-22-24-26-28-34(37)40-32-30-36(3,39)31-33-41-35(38)29-27-25-23-21-19-17-15-13-11-9-7-5-2/h39H,4-33H2,1-3H3. The third-order valence-electron chi connectivity index (χ3n) is 8.28. The largest absolute Gasteiger partial charge is 0.466 e. The Labute approximate surface area is 255 Å². The van der Waals surface area contributed by atoms with E-state index in [4.69, 9.17) is 9.47 Å². The average Bonchev–Trinajstić information content (AvgIpc) is 2.94. The molecule has 0 amide bonds. The molecule has 0 saturated carbocycles. The molecule has 0 aliphatic carbocycles. The van der Waals surface area contributed by atoms with Crippen molar-refractivity contribution in [2.45, 2.75) is 206 Å². The quantitative estimate of drug-likeness (QED) is 0.0631. The Morgan fingerprint density at radius 3 is 0.976 bits per heavy atom. The predicted molar refractivity (Wildman–Crippen MR) is 173 cm³/mol. The zero-order valence-corrected chi connectivity index (χ0v) is 27.8. The minimum Gasteiger partial charge on any atom is -0.466 e. The molecule has 1 N–H and O–H groups in total. The summed E-state index contributed by atoms with van der Waals surface area (Å²) in [6.45, 7) is 6.64. The topological polar surface area (TPSA) is 72.8 Å². The maximum absolute atomic E-state index is 12.0. The van der Waals surface area contributed by atoms with Crippen molar-refractivity contribution in [2.75, 3.05) is 13.2 Å². The number of carbonyl (C=O) groups excluding carboxylic acids is 2. The van der Waals surface area contributed by atoms with Gasteiger partial charge in [0.1, 0.15) is 0 Å². The number of aliphatic hydroxyl groups is 1. The summed E-state index contributed by atoms with van der Waals surface area (Å²) in [6.07, 6.45) is 32.1. The first-order chi connectivity index (χ1) is 19.9. The highest BCUT2D eigenvalue weighted by Crippen LogP contribution is 2.17. The lowest BCUT2D eigenvalue weighted by Crippen LogP contribution is -2.29. The van der Waals surface area contributed by atoms with Gasteiger partial charge in [-0.2, -0.15) is 0 Å². The summed E-state index contributed by atoms with van der Waals surface area (Å²) >= 11 is 0. The SMILES string of the molecule is CCCCCCCCCCCCCCC(=O)OCCC(C)(O)CCOC(=O)CCCCCCCCCCCCCC. The summed E-state index contributed by atoms with van der Waals surface area (Å²) in [5, 5.41) is 10.5. The van der Waals surface area contributed by atoms with E-state index in [1.165, 1.54) is 128 Å². The highest BCUT2D eigenvalue weighted by molar-refractivity contribution is 5.69. The maximum Gasteiger partial charge on any atom is 0.305 e. The summed E-state index contributed by atoms with van der Waals surface area (Å²) in [5.41, 5.74) is -1.01. The molecule has 0 fully saturated rings. The number of rotatable bonds is 32. The van der Waals surface area contributed by atoms with Crippen LogP contribution in [-0.4, -0.2) is 35.9 Å². The number of carbonyl (C=O) groups is 2. The van der Waals surface area contributed by atoms with Gasteiger partial charge in [-0.1, -0.05) is 155 Å². The molecule has 0 atom stereocenters. The van der Waals surface area contributed by atoms with Crippen molar-refractivity contribution in [2.24, 2.45) is 0 Å². The van der Waals surface area contributed by atoms with Gasteiger partial charge in [0, 0.05) is 25.7 Å². The predicted octanol–water partition coefficient (Wildman–Crippen LogP) is 10.8. The van der Waals surface area contributed by atoms with Crippen molar-refractivity contribution in [1.29, 1.82) is 0 Å². The first kappa shape index (κ1) is 39.9. The van der Waals surface area contributed by atoms with Crippen LogP contribution in [0.15, 0.2) is 0 Å². The molecule has 0 rings (SSSR count). The smallest absolute Gasteiger partial charge is 0.305 e. The van der Waals surface area contributed by atoms with Crippen LogP contribution in [0.1, 0.15) is 201 Å². The van der Waals surface area contributed by atoms with Crippen LogP contribution in [0.4, 0.5) is 0 Å². The Kier molecular flexibility index (Phi) is 29.5. The van der Waals surface area contributed by atoms with E-state index < -0.39 is 5.60 Å². The van der Waals surface area contributed by atoms with Gasteiger partial charge in [0.05, 0.1) is 18.8 Å². The molecule has 0 radical (unpaired) electrons. The van der Waals surface area contributed by atoms with Crippen LogP contribution < -0.4 is 0 Å². The number of hydrogen-bond donors (Lipinski definition) is 1. The molecule has 244 valence electrons. The number of esters is 2. The Hall–Kier alpha value is -1.10. The maximum atomic E-state index is 12.0. The van der Waals surface area contributed by atoms with Gasteiger partial charge in [-0.05, 0) is 19.8 Å². The molecule has 0 saturated heterocycles. The van der Waals surface area contributed by atoms with Gasteiger partial charge in [0.25, 0.3) is 0 Å². The summed E-state index contributed by atoms with van der Waals surface area (Å²) < 4.78 is 10.7. The van der Waals surface area contributed by atoms with Crippen molar-refractivity contribution in [3.8, 4) is 0 Å². The molecule has 0 unspecified atom stereocenters. The molecule has 0 aliphatic rings. The Morgan fingerprint density at radius 2 is 0.707 bits per heavy atom. The molecule has 5 heteroatoms. The summed E-state index contributed by atoms with van der Waals surface area (Å²) in [7, 11) is 0. The van der Waals surface area contributed by atoms with Crippen LogP contribution in [0.25, 0.3) is 0 Å². The van der Waals surface area contributed by atoms with Gasteiger partial charge in [-0.25, -0.2) is 0 Å². The summed E-state index contributed by atoms with van der Waals surface area (Å²) in [4.78, 5) is 24.0. The molecule has 5 nitrogen and oxygen atoms in total. The van der Waals surface area contributed by atoms with E-state index in [2.05, 4.69) is 13.8 Å². The van der Waals surface area contributed by atoms with Gasteiger partial charge in [-0.3, -0.25) is 9.59 Å². The molecule has 41 heavy (non-hydrogen) atoms. The van der Waals surface area contributed by atoms with E-state index >= 15 is 0 Å². The minimum absolute atomic E-state index is 0.179. The summed E-state index contributed by atoms with van der Waals surface area (Å²) in [6, 6.07) is 0. The van der Waals surface area contributed by atoms with Crippen LogP contribution in [0.5, 0.6) is 0 Å². The summed E-state index contributed by atoms with van der Waals surface area (Å²) in [5.74, 6) is -0.358. The second kappa shape index (κ2) is 30.4. The fourth-order valence-electron chi connectivity index (χ4n) is 5.26. The van der Waals surface area contributed by atoms with Gasteiger partial charge in [-0.15, -0.1) is 0 Å². The van der Waals surface area contributed by atoms with Crippen LogP contribution in [0, 0.1) is 0 Å². The molecule has 0 heterocycles. The van der Waals surface area contributed by atoms with Crippen molar-refractivity contribution in [3.05, 3.63) is 0 Å². The number of unbranched alkanes of at least 4 members (excludes halogenated alkanes) is 22. The molecule has 0 aromatic rings. The highest BCUT2D eigenvalue weighted by Gasteiger charge is 2.21. The van der Waals surface area contributed by atoms with Crippen molar-refractivity contribution >= 4 is 11.9 Å². The fourth-order valence-corrected chi connectivity index (χ4v) is 5.26. The fraction of sp³-hybridized carbons (Fsp3) is 0.944. The second-order valence-corrected chi connectivity index (χ2v) is 12.7. The Bertz CT molecular complexity index is 526. The number of ether oxygens (including phenoxy) is 2. The zero-order chi connectivity index (χ0) is 30.3. The second-order valence-electron chi connectivity index (χ2n) is 12.7. The van der Waals surface area contributed by atoms with E-state index in [9.17, 15) is 14.7 Å². The first-order valence-corrected chi connectivity index (χ1v) is 17.9. The lowest BCUT2D eigenvalue weighted by Gasteiger charge is -2.22. The van der Waals surface area contributed by atoms with Gasteiger partial charge in [0.15, 0.2) is 0 Å². The van der Waals surface area contributed by atoms with Crippen LogP contribution >= 0.6 is 0 Å². The third-order valence-corrected chi connectivity index (χ3v) is 8.28. The molecule has 0 aromatic carbocycles. The monoisotopic (exact) mass is 583 g/mol. The van der Waals surface area contributed by atoms with Crippen LogP contribution in [0.3, 0.4) is 0 Å². The Morgan fingerprint density at radius 1 is 0.463 bits per heavy atom.